The second-order valence-corrected chi connectivity index (χ2v) is 8.93. The smallest absolute Gasteiger partial charge is 0.250 e. The maximum Gasteiger partial charge on any atom is 0.250 e. The molecular weight excluding hydrogens is 514 g/mol. The van der Waals surface area contributed by atoms with Crippen LogP contribution in [0.2, 0.25) is 0 Å². The predicted molar refractivity (Wildman–Crippen MR) is 139 cm³/mol. The van der Waals surface area contributed by atoms with Gasteiger partial charge in [0.25, 0.3) is 5.91 Å². The van der Waals surface area contributed by atoms with E-state index in [2.05, 4.69) is 36.7 Å². The molecule has 34 heavy (non-hydrogen) atoms. The number of carbonyl (C=O) groups excluding carboxylic acids is 1. The van der Waals surface area contributed by atoms with E-state index in [1.165, 1.54) is 11.8 Å². The maximum absolute atomic E-state index is 12.4. The van der Waals surface area contributed by atoms with Crippen LogP contribution in [-0.4, -0.2) is 39.2 Å². The third-order valence-corrected chi connectivity index (χ3v) is 6.08. The number of hydrogen-bond acceptors (Lipinski definition) is 6. The number of rotatable bonds is 9. The van der Waals surface area contributed by atoms with E-state index >= 15 is 0 Å². The van der Waals surface area contributed by atoms with Gasteiger partial charge in [-0.3, -0.25) is 9.36 Å². The van der Waals surface area contributed by atoms with Crippen molar-refractivity contribution in [1.29, 1.82) is 0 Å². The number of nitrogens with one attached hydrogen (secondary N) is 1. The first kappa shape index (κ1) is 23.7. The molecule has 0 unspecified atom stereocenters. The number of aromatic nitrogens is 3. The van der Waals surface area contributed by atoms with Crippen molar-refractivity contribution in [2.24, 2.45) is 5.10 Å². The van der Waals surface area contributed by atoms with Gasteiger partial charge in [0, 0.05) is 15.7 Å². The summed E-state index contributed by atoms with van der Waals surface area (Å²) in [6.45, 7) is 2.55. The van der Waals surface area contributed by atoms with Crippen molar-refractivity contribution >= 4 is 39.8 Å². The Hall–Kier alpha value is -3.43. The molecule has 0 saturated heterocycles. The van der Waals surface area contributed by atoms with Crippen LogP contribution < -0.4 is 10.2 Å². The van der Waals surface area contributed by atoms with Crippen LogP contribution in [0.5, 0.6) is 5.75 Å². The molecule has 0 fully saturated rings. The van der Waals surface area contributed by atoms with E-state index in [-0.39, 0.29) is 11.7 Å². The number of halogens is 1. The zero-order valence-corrected chi connectivity index (χ0v) is 20.8. The number of carbonyl (C=O) groups is 1. The Kier molecular flexibility index (Phi) is 8.11. The average Bonchev–Trinajstić information content (AvgIpc) is 3.29. The fourth-order valence-corrected chi connectivity index (χ4v) is 4.29. The van der Waals surface area contributed by atoms with Crippen molar-refractivity contribution < 1.29 is 9.53 Å². The molecule has 1 N–H and O–H groups in total. The molecule has 0 spiro atoms. The molecule has 1 amide bonds. The first-order valence-electron chi connectivity index (χ1n) is 10.6. The Morgan fingerprint density at radius 2 is 1.88 bits per heavy atom. The van der Waals surface area contributed by atoms with Gasteiger partial charge in [0.15, 0.2) is 11.0 Å². The molecule has 0 saturated carbocycles. The van der Waals surface area contributed by atoms with Gasteiger partial charge in [0.05, 0.1) is 18.6 Å². The first-order chi connectivity index (χ1) is 16.6. The van der Waals surface area contributed by atoms with Gasteiger partial charge < -0.3 is 4.74 Å². The number of ether oxygens (including phenoxy) is 1. The van der Waals surface area contributed by atoms with Crippen LogP contribution in [0.15, 0.2) is 93.6 Å². The summed E-state index contributed by atoms with van der Waals surface area (Å²) in [6, 6.07) is 25.2. The lowest BCUT2D eigenvalue weighted by Crippen LogP contribution is -2.20. The molecule has 0 aliphatic rings. The van der Waals surface area contributed by atoms with Crippen molar-refractivity contribution in [1.82, 2.24) is 20.2 Å². The van der Waals surface area contributed by atoms with Gasteiger partial charge in [-0.1, -0.05) is 58.0 Å². The van der Waals surface area contributed by atoms with E-state index in [0.29, 0.717) is 17.6 Å². The second kappa shape index (κ2) is 11.6. The fourth-order valence-electron chi connectivity index (χ4n) is 3.15. The molecule has 3 aromatic carbocycles. The van der Waals surface area contributed by atoms with Gasteiger partial charge in [-0.05, 0) is 61.0 Å². The standard InChI is InChI=1S/C25H22BrN5O2S/c1-2-33-22-13-11-18(12-14-22)16-27-28-23(32)17-34-25-30-29-24(19-7-6-8-20(26)15-19)31(25)21-9-4-3-5-10-21/h3-16H,2,17H2,1H3,(H,28,32). The van der Waals surface area contributed by atoms with Crippen LogP contribution in [0.3, 0.4) is 0 Å². The van der Waals surface area contributed by atoms with Crippen LogP contribution in [0.4, 0.5) is 0 Å². The fraction of sp³-hybridized carbons (Fsp3) is 0.120. The third kappa shape index (κ3) is 6.12. The molecule has 0 bridgehead atoms. The van der Waals surface area contributed by atoms with Crippen LogP contribution >= 0.6 is 27.7 Å². The lowest BCUT2D eigenvalue weighted by atomic mass is 10.2. The summed E-state index contributed by atoms with van der Waals surface area (Å²) in [7, 11) is 0. The van der Waals surface area contributed by atoms with Gasteiger partial charge in [-0.25, -0.2) is 5.43 Å². The lowest BCUT2D eigenvalue weighted by Gasteiger charge is -2.10. The first-order valence-corrected chi connectivity index (χ1v) is 12.4. The van der Waals surface area contributed by atoms with Gasteiger partial charge in [0.1, 0.15) is 5.75 Å². The molecule has 4 aromatic rings. The summed E-state index contributed by atoms with van der Waals surface area (Å²) in [4.78, 5) is 12.4. The average molecular weight is 536 g/mol. The Labute approximate surface area is 210 Å². The zero-order chi connectivity index (χ0) is 23.8. The maximum atomic E-state index is 12.4. The number of para-hydroxylation sites is 1. The zero-order valence-electron chi connectivity index (χ0n) is 18.4. The molecule has 0 atom stereocenters. The molecule has 1 heterocycles. The van der Waals surface area contributed by atoms with E-state index in [1.807, 2.05) is 90.4 Å². The Morgan fingerprint density at radius 1 is 1.09 bits per heavy atom. The highest BCUT2D eigenvalue weighted by molar-refractivity contribution is 9.10. The molecule has 1 aromatic heterocycles. The van der Waals surface area contributed by atoms with Crippen molar-refractivity contribution in [3.05, 3.63) is 88.9 Å². The van der Waals surface area contributed by atoms with Crippen molar-refractivity contribution in [2.45, 2.75) is 12.1 Å². The van der Waals surface area contributed by atoms with E-state index in [4.69, 9.17) is 4.74 Å². The van der Waals surface area contributed by atoms with Gasteiger partial charge >= 0.3 is 0 Å². The van der Waals surface area contributed by atoms with Crippen LogP contribution in [-0.2, 0) is 4.79 Å². The highest BCUT2D eigenvalue weighted by Crippen LogP contribution is 2.29. The normalized spacial score (nSPS) is 11.0. The van der Waals surface area contributed by atoms with Crippen molar-refractivity contribution in [2.75, 3.05) is 12.4 Å². The number of nitrogens with zero attached hydrogens (tertiary/aromatic N) is 4. The number of thioether (sulfide) groups is 1. The largest absolute Gasteiger partial charge is 0.494 e. The molecule has 0 aliphatic heterocycles. The minimum atomic E-state index is -0.237. The summed E-state index contributed by atoms with van der Waals surface area (Å²) in [5.74, 6) is 1.40. The highest BCUT2D eigenvalue weighted by Gasteiger charge is 2.17. The predicted octanol–water partition coefficient (Wildman–Crippen LogP) is 5.34. The van der Waals surface area contributed by atoms with E-state index in [0.717, 1.165) is 27.0 Å². The third-order valence-electron chi connectivity index (χ3n) is 4.66. The van der Waals surface area contributed by atoms with Crippen LogP contribution in [0, 0.1) is 0 Å². The number of amides is 1. The van der Waals surface area contributed by atoms with Gasteiger partial charge in [-0.15, -0.1) is 10.2 Å². The topological polar surface area (TPSA) is 81.4 Å². The summed E-state index contributed by atoms with van der Waals surface area (Å²) in [6.07, 6.45) is 1.59. The molecule has 7 nitrogen and oxygen atoms in total. The SMILES string of the molecule is CCOc1ccc(C=NNC(=O)CSc2nnc(-c3cccc(Br)c3)n2-c2ccccc2)cc1. The summed E-state index contributed by atoms with van der Waals surface area (Å²) in [5.41, 5.74) is 5.26. The molecule has 4 rings (SSSR count). The van der Waals surface area contributed by atoms with Crippen LogP contribution in [0.1, 0.15) is 12.5 Å². The number of hydrogen-bond donors (Lipinski definition) is 1. The van der Waals surface area contributed by atoms with E-state index < -0.39 is 0 Å². The van der Waals surface area contributed by atoms with E-state index in [1.54, 1.807) is 6.21 Å². The second-order valence-electron chi connectivity index (χ2n) is 7.07. The Bertz CT molecular complexity index is 1280. The molecule has 0 radical (unpaired) electrons. The Balaban J connectivity index is 1.45. The monoisotopic (exact) mass is 535 g/mol. The van der Waals surface area contributed by atoms with Gasteiger partial charge in [0.2, 0.25) is 0 Å². The number of hydrazone groups is 1. The van der Waals surface area contributed by atoms with Crippen molar-refractivity contribution in [3.63, 3.8) is 0 Å². The highest BCUT2D eigenvalue weighted by atomic mass is 79.9. The molecular formula is C25H22BrN5O2S. The Morgan fingerprint density at radius 3 is 2.62 bits per heavy atom. The summed E-state index contributed by atoms with van der Waals surface area (Å²) < 4.78 is 8.32. The van der Waals surface area contributed by atoms with Gasteiger partial charge in [-0.2, -0.15) is 5.10 Å². The quantitative estimate of drug-likeness (QED) is 0.178. The molecule has 9 heteroatoms. The number of benzene rings is 3. The summed E-state index contributed by atoms with van der Waals surface area (Å²) >= 11 is 4.81. The summed E-state index contributed by atoms with van der Waals surface area (Å²) in [5, 5.41) is 13.4. The molecule has 0 aliphatic carbocycles. The van der Waals surface area contributed by atoms with E-state index in [9.17, 15) is 4.79 Å². The minimum Gasteiger partial charge on any atom is -0.494 e. The lowest BCUT2D eigenvalue weighted by molar-refractivity contribution is -0.118. The van der Waals surface area contributed by atoms with Crippen molar-refractivity contribution in [3.8, 4) is 22.8 Å². The minimum absolute atomic E-state index is 0.143. The van der Waals surface area contributed by atoms with Crippen LogP contribution in [0.25, 0.3) is 17.1 Å². The molecule has 172 valence electrons.